The normalized spacial score (nSPS) is 12.0. The van der Waals surface area contributed by atoms with E-state index in [1.54, 1.807) is 67.6 Å². The van der Waals surface area contributed by atoms with Crippen LogP contribution in [-0.2, 0) is 26.2 Å². The Bertz CT molecular complexity index is 1370. The van der Waals surface area contributed by atoms with Crippen molar-refractivity contribution in [3.63, 3.8) is 0 Å². The first kappa shape index (κ1) is 29.5. The lowest BCUT2D eigenvalue weighted by atomic mass is 10.1. The number of sulfonamides is 1. The highest BCUT2D eigenvalue weighted by atomic mass is 35.5. The third-order valence-corrected chi connectivity index (χ3v) is 8.51. The van der Waals surface area contributed by atoms with Crippen LogP contribution in [0, 0.1) is 6.92 Å². The minimum Gasteiger partial charge on any atom is -0.354 e. The van der Waals surface area contributed by atoms with Crippen molar-refractivity contribution in [2.75, 3.05) is 17.4 Å². The Balaban J connectivity index is 2.00. The Morgan fingerprint density at radius 3 is 2.21 bits per heavy atom. The Kier molecular flexibility index (Phi) is 10.2. The minimum absolute atomic E-state index is 0.0314. The molecule has 1 N–H and O–H groups in total. The summed E-state index contributed by atoms with van der Waals surface area (Å²) in [6, 6.07) is 18.9. The fourth-order valence-electron chi connectivity index (χ4n) is 3.77. The zero-order valence-electron chi connectivity index (χ0n) is 21.5. The lowest BCUT2D eigenvalue weighted by Crippen LogP contribution is -2.51. The third-order valence-electron chi connectivity index (χ3n) is 5.99. The molecule has 0 saturated carbocycles. The smallest absolute Gasteiger partial charge is 0.264 e. The van der Waals surface area contributed by atoms with Crippen LogP contribution in [0.3, 0.4) is 0 Å². The predicted molar refractivity (Wildman–Crippen MR) is 152 cm³/mol. The number of hydrogen-bond donors (Lipinski definition) is 1. The van der Waals surface area contributed by atoms with Crippen LogP contribution in [0.2, 0.25) is 10.0 Å². The summed E-state index contributed by atoms with van der Waals surface area (Å²) in [4.78, 5) is 28.1. The first-order valence-electron chi connectivity index (χ1n) is 12.2. The van der Waals surface area contributed by atoms with Crippen molar-refractivity contribution in [3.8, 4) is 0 Å². The highest BCUT2D eigenvalue weighted by Crippen LogP contribution is 2.26. The van der Waals surface area contributed by atoms with Gasteiger partial charge < -0.3 is 10.2 Å². The molecule has 1 unspecified atom stereocenters. The largest absolute Gasteiger partial charge is 0.354 e. The molecule has 0 fully saturated rings. The summed E-state index contributed by atoms with van der Waals surface area (Å²) < 4.78 is 28.5. The van der Waals surface area contributed by atoms with Gasteiger partial charge >= 0.3 is 0 Å². The van der Waals surface area contributed by atoms with Crippen molar-refractivity contribution in [1.29, 1.82) is 0 Å². The van der Waals surface area contributed by atoms with Gasteiger partial charge in [-0.25, -0.2) is 8.42 Å². The van der Waals surface area contributed by atoms with Crippen LogP contribution in [0.4, 0.5) is 5.69 Å². The van der Waals surface area contributed by atoms with Gasteiger partial charge in [-0.3, -0.25) is 13.9 Å². The van der Waals surface area contributed by atoms with Crippen molar-refractivity contribution in [2.24, 2.45) is 0 Å². The van der Waals surface area contributed by atoms with E-state index in [1.165, 1.54) is 17.0 Å². The Hall–Kier alpha value is -3.07. The molecule has 0 aliphatic rings. The van der Waals surface area contributed by atoms with Gasteiger partial charge in [-0.15, -0.1) is 0 Å². The van der Waals surface area contributed by atoms with Gasteiger partial charge in [0.05, 0.1) is 20.6 Å². The van der Waals surface area contributed by atoms with Crippen molar-refractivity contribution < 1.29 is 18.0 Å². The third kappa shape index (κ3) is 7.28. The second kappa shape index (κ2) is 13.1. The maximum Gasteiger partial charge on any atom is 0.264 e. The molecule has 0 saturated heterocycles. The fraction of sp³-hybridized carbons (Fsp3) is 0.286. The molecule has 3 aromatic rings. The number of carbonyl (C=O) groups excluding carboxylic acids is 2. The number of benzene rings is 3. The highest BCUT2D eigenvalue weighted by Gasteiger charge is 2.32. The summed E-state index contributed by atoms with van der Waals surface area (Å²) in [5, 5.41) is 3.48. The summed E-state index contributed by atoms with van der Waals surface area (Å²) in [6.07, 6.45) is 0.732. The Morgan fingerprint density at radius 1 is 0.947 bits per heavy atom. The predicted octanol–water partition coefficient (Wildman–Crippen LogP) is 5.44. The van der Waals surface area contributed by atoms with E-state index < -0.39 is 28.5 Å². The second-order valence-electron chi connectivity index (χ2n) is 8.90. The highest BCUT2D eigenvalue weighted by molar-refractivity contribution is 7.92. The van der Waals surface area contributed by atoms with Crippen LogP contribution in [0.5, 0.6) is 0 Å². The molecule has 1 atom stereocenters. The number of para-hydroxylation sites is 1. The number of amides is 2. The summed E-state index contributed by atoms with van der Waals surface area (Å²) in [5.74, 6) is -0.886. The first-order chi connectivity index (χ1) is 18.0. The zero-order chi connectivity index (χ0) is 27.9. The van der Waals surface area contributed by atoms with Gasteiger partial charge in [0.15, 0.2) is 0 Å². The molecule has 0 heterocycles. The van der Waals surface area contributed by atoms with Gasteiger partial charge in [-0.2, -0.15) is 0 Å². The van der Waals surface area contributed by atoms with Gasteiger partial charge in [-0.1, -0.05) is 72.1 Å². The van der Waals surface area contributed by atoms with Crippen molar-refractivity contribution in [3.05, 3.63) is 94.0 Å². The average molecular weight is 577 g/mol. The number of anilines is 1. The number of hydrogen-bond acceptors (Lipinski definition) is 4. The SMILES string of the molecule is CCCNC(=O)C(C)N(Cc1ccc(Cl)c(Cl)c1)C(=O)CN(c1ccccc1)S(=O)(=O)c1ccc(C)cc1. The van der Waals surface area contributed by atoms with E-state index in [9.17, 15) is 18.0 Å². The standard InChI is InChI=1S/C28H31Cl2N3O4S/c1-4-16-31-28(35)21(3)32(18-22-12-15-25(29)26(30)17-22)27(34)19-33(23-8-6-5-7-9-23)38(36,37)24-13-10-20(2)11-14-24/h5-15,17,21H,4,16,18-19H2,1-3H3,(H,31,35). The molecule has 202 valence electrons. The molecule has 10 heteroatoms. The summed E-state index contributed by atoms with van der Waals surface area (Å²) >= 11 is 12.2. The van der Waals surface area contributed by atoms with Crippen LogP contribution in [-0.4, -0.2) is 44.3 Å². The molecule has 3 aromatic carbocycles. The minimum atomic E-state index is -4.10. The van der Waals surface area contributed by atoms with Gasteiger partial charge in [0.1, 0.15) is 12.6 Å². The van der Waals surface area contributed by atoms with Crippen molar-refractivity contribution in [1.82, 2.24) is 10.2 Å². The van der Waals surface area contributed by atoms with E-state index in [2.05, 4.69) is 5.32 Å². The number of nitrogens with zero attached hydrogens (tertiary/aromatic N) is 2. The van der Waals surface area contributed by atoms with Crippen LogP contribution in [0.1, 0.15) is 31.4 Å². The molecule has 38 heavy (non-hydrogen) atoms. The number of carbonyl (C=O) groups is 2. The van der Waals surface area contributed by atoms with Gasteiger partial charge in [0, 0.05) is 13.1 Å². The maximum atomic E-state index is 13.8. The number of aryl methyl sites for hydroxylation is 1. The van der Waals surface area contributed by atoms with Gasteiger partial charge in [-0.05, 0) is 62.2 Å². The van der Waals surface area contributed by atoms with Crippen LogP contribution < -0.4 is 9.62 Å². The maximum absolute atomic E-state index is 13.8. The molecule has 7 nitrogen and oxygen atoms in total. The number of rotatable bonds is 11. The second-order valence-corrected chi connectivity index (χ2v) is 11.6. The molecular formula is C28H31Cl2N3O4S. The summed E-state index contributed by atoms with van der Waals surface area (Å²) in [5.41, 5.74) is 1.89. The van der Waals surface area contributed by atoms with Gasteiger partial charge in [0.2, 0.25) is 11.8 Å². The fourth-order valence-corrected chi connectivity index (χ4v) is 5.51. The number of nitrogens with one attached hydrogen (secondary N) is 1. The monoisotopic (exact) mass is 575 g/mol. The van der Waals surface area contributed by atoms with Crippen LogP contribution in [0.25, 0.3) is 0 Å². The Morgan fingerprint density at radius 2 is 1.61 bits per heavy atom. The molecule has 0 aromatic heterocycles. The molecule has 0 radical (unpaired) electrons. The molecule has 2 amide bonds. The molecule has 0 bridgehead atoms. The van der Waals surface area contributed by atoms with E-state index in [-0.39, 0.29) is 17.3 Å². The molecule has 0 aliphatic heterocycles. The van der Waals surface area contributed by atoms with E-state index in [0.29, 0.717) is 27.8 Å². The molecule has 0 aliphatic carbocycles. The topological polar surface area (TPSA) is 86.8 Å². The van der Waals surface area contributed by atoms with E-state index in [0.717, 1.165) is 16.3 Å². The first-order valence-corrected chi connectivity index (χ1v) is 14.4. The van der Waals surface area contributed by atoms with E-state index >= 15 is 0 Å². The molecule has 0 spiro atoms. The number of halogens is 2. The van der Waals surface area contributed by atoms with E-state index in [1.807, 2.05) is 13.8 Å². The average Bonchev–Trinajstić information content (AvgIpc) is 2.91. The van der Waals surface area contributed by atoms with Crippen LogP contribution in [0.15, 0.2) is 77.7 Å². The lowest BCUT2D eigenvalue weighted by Gasteiger charge is -2.32. The summed E-state index contributed by atoms with van der Waals surface area (Å²) in [6.45, 7) is 5.38. The Labute approximate surface area is 234 Å². The molecular weight excluding hydrogens is 545 g/mol. The summed E-state index contributed by atoms with van der Waals surface area (Å²) in [7, 11) is -4.10. The van der Waals surface area contributed by atoms with Crippen molar-refractivity contribution in [2.45, 2.75) is 44.7 Å². The zero-order valence-corrected chi connectivity index (χ0v) is 23.9. The van der Waals surface area contributed by atoms with Gasteiger partial charge in [0.25, 0.3) is 10.0 Å². The lowest BCUT2D eigenvalue weighted by molar-refractivity contribution is -0.139. The van der Waals surface area contributed by atoms with Crippen LogP contribution >= 0.6 is 23.2 Å². The molecule has 3 rings (SSSR count). The van der Waals surface area contributed by atoms with Crippen molar-refractivity contribution >= 4 is 50.7 Å². The quantitative estimate of drug-likeness (QED) is 0.330. The van der Waals surface area contributed by atoms with E-state index in [4.69, 9.17) is 23.2 Å².